The van der Waals surface area contributed by atoms with Gasteiger partial charge in [-0.15, -0.1) is 0 Å². The van der Waals surface area contributed by atoms with Crippen LogP contribution in [0.4, 0.5) is 0 Å². The van der Waals surface area contributed by atoms with Gasteiger partial charge in [-0.05, 0) is 18.6 Å². The number of rotatable bonds is 4. The molecule has 0 fully saturated rings. The minimum absolute atomic E-state index is 0.252. The van der Waals surface area contributed by atoms with E-state index in [0.717, 1.165) is 5.56 Å². The van der Waals surface area contributed by atoms with E-state index in [1.807, 2.05) is 36.4 Å². The molecule has 0 amide bonds. The third kappa shape index (κ3) is 3.79. The van der Waals surface area contributed by atoms with Crippen molar-refractivity contribution in [1.29, 1.82) is 0 Å². The summed E-state index contributed by atoms with van der Waals surface area (Å²) in [7, 11) is 0. The Balaban J connectivity index is 2.14. The topological polar surface area (TPSA) is 67.5 Å². The maximum Gasteiger partial charge on any atom is 0.351 e. The van der Waals surface area contributed by atoms with Crippen LogP contribution in [0.25, 0.3) is 6.08 Å². The van der Waals surface area contributed by atoms with Crippen molar-refractivity contribution in [1.82, 2.24) is 0 Å². The Labute approximate surface area is 121 Å². The molecule has 0 aliphatic carbocycles. The van der Waals surface area contributed by atoms with Crippen LogP contribution in [0, 0.1) is 6.92 Å². The van der Waals surface area contributed by atoms with Crippen LogP contribution in [-0.2, 0) is 0 Å². The van der Waals surface area contributed by atoms with E-state index < -0.39 is 11.4 Å². The third-order valence-electron chi connectivity index (χ3n) is 2.75. The molecule has 2 rings (SSSR count). The molecule has 0 aliphatic heterocycles. The minimum atomic E-state index is -0.839. The predicted octanol–water partition coefficient (Wildman–Crippen LogP) is 3.11. The number of allylic oxidation sites excluding steroid dienone is 3. The summed E-state index contributed by atoms with van der Waals surface area (Å²) in [6.45, 7) is 1.52. The van der Waals surface area contributed by atoms with Crippen molar-refractivity contribution in [2.75, 3.05) is 0 Å². The average molecular weight is 282 g/mol. The molecular formula is C17H14O4. The Morgan fingerprint density at radius 3 is 2.57 bits per heavy atom. The molecule has 4 heteroatoms. The quantitative estimate of drug-likeness (QED) is 0.531. The van der Waals surface area contributed by atoms with Gasteiger partial charge in [0, 0.05) is 6.07 Å². The smallest absolute Gasteiger partial charge is 0.351 e. The molecular weight excluding hydrogens is 268 g/mol. The molecule has 0 saturated heterocycles. The molecule has 0 atom stereocenters. The standard InChI is InChI=1S/C17H14O4/c1-12-11-15(19)16(17(20)21-12)14(18)10-6-5-9-13-7-3-2-4-8-13/h2-11,19H,1H3/b9-5+,10-6+. The van der Waals surface area contributed by atoms with E-state index in [2.05, 4.69) is 0 Å². The van der Waals surface area contributed by atoms with Gasteiger partial charge in [-0.25, -0.2) is 4.79 Å². The summed E-state index contributed by atoms with van der Waals surface area (Å²) in [5, 5.41) is 9.64. The second-order valence-electron chi connectivity index (χ2n) is 4.40. The van der Waals surface area contributed by atoms with Crippen LogP contribution in [-0.4, -0.2) is 10.9 Å². The Morgan fingerprint density at radius 1 is 1.19 bits per heavy atom. The first-order valence-electron chi connectivity index (χ1n) is 6.36. The Kier molecular flexibility index (Phi) is 4.51. The van der Waals surface area contributed by atoms with Gasteiger partial charge < -0.3 is 9.52 Å². The SMILES string of the molecule is Cc1cc(O)c(C(=O)/C=C/C=C/c2ccccc2)c(=O)o1. The van der Waals surface area contributed by atoms with E-state index in [1.54, 1.807) is 6.08 Å². The molecule has 106 valence electrons. The fraction of sp³-hybridized carbons (Fsp3) is 0.0588. The lowest BCUT2D eigenvalue weighted by Gasteiger charge is -1.99. The first-order chi connectivity index (χ1) is 10.1. The van der Waals surface area contributed by atoms with E-state index in [1.165, 1.54) is 25.1 Å². The summed E-state index contributed by atoms with van der Waals surface area (Å²) in [5.74, 6) is -0.716. The van der Waals surface area contributed by atoms with Gasteiger partial charge >= 0.3 is 5.63 Å². The van der Waals surface area contributed by atoms with Crippen molar-refractivity contribution < 1.29 is 14.3 Å². The van der Waals surface area contributed by atoms with Crippen LogP contribution in [0.1, 0.15) is 21.7 Å². The second kappa shape index (κ2) is 6.52. The molecule has 1 aromatic heterocycles. The molecule has 0 aliphatic rings. The summed E-state index contributed by atoms with van der Waals surface area (Å²) in [6, 6.07) is 10.8. The molecule has 4 nitrogen and oxygen atoms in total. The lowest BCUT2D eigenvalue weighted by atomic mass is 10.1. The fourth-order valence-corrected chi connectivity index (χ4v) is 1.78. The van der Waals surface area contributed by atoms with E-state index in [0.29, 0.717) is 0 Å². The van der Waals surface area contributed by atoms with Crippen molar-refractivity contribution in [2.45, 2.75) is 6.92 Å². The Bertz CT molecular complexity index is 752. The number of carbonyl (C=O) groups excluding carboxylic acids is 1. The molecule has 0 saturated carbocycles. The van der Waals surface area contributed by atoms with Crippen LogP contribution in [0.15, 0.2) is 63.8 Å². The zero-order valence-electron chi connectivity index (χ0n) is 11.4. The normalized spacial score (nSPS) is 11.3. The number of aromatic hydroxyl groups is 1. The Hall–Kier alpha value is -2.88. The lowest BCUT2D eigenvalue weighted by Crippen LogP contribution is -2.12. The monoisotopic (exact) mass is 282 g/mol. The van der Waals surface area contributed by atoms with Gasteiger partial charge in [0.15, 0.2) is 5.78 Å². The van der Waals surface area contributed by atoms with Gasteiger partial charge in [-0.3, -0.25) is 4.79 Å². The third-order valence-corrected chi connectivity index (χ3v) is 2.75. The van der Waals surface area contributed by atoms with Gasteiger partial charge in [0.25, 0.3) is 0 Å². The van der Waals surface area contributed by atoms with E-state index in [-0.39, 0.29) is 17.1 Å². The van der Waals surface area contributed by atoms with Gasteiger partial charge in [-0.2, -0.15) is 0 Å². The molecule has 1 heterocycles. The summed E-state index contributed by atoms with van der Waals surface area (Å²) in [4.78, 5) is 23.4. The summed E-state index contributed by atoms with van der Waals surface area (Å²) in [6.07, 6.45) is 6.22. The number of carbonyl (C=O) groups is 1. The molecule has 0 bridgehead atoms. The van der Waals surface area contributed by atoms with E-state index >= 15 is 0 Å². The first-order valence-corrected chi connectivity index (χ1v) is 6.36. The fourth-order valence-electron chi connectivity index (χ4n) is 1.78. The zero-order valence-corrected chi connectivity index (χ0v) is 11.4. The highest BCUT2D eigenvalue weighted by atomic mass is 16.4. The first kappa shape index (κ1) is 14.5. The highest BCUT2D eigenvalue weighted by molar-refractivity contribution is 6.06. The summed E-state index contributed by atoms with van der Waals surface area (Å²) < 4.78 is 4.80. The van der Waals surface area contributed by atoms with Crippen molar-refractivity contribution >= 4 is 11.9 Å². The minimum Gasteiger partial charge on any atom is -0.507 e. The predicted molar refractivity (Wildman–Crippen MR) is 80.3 cm³/mol. The number of aryl methyl sites for hydroxylation is 1. The van der Waals surface area contributed by atoms with Crippen LogP contribution in [0.2, 0.25) is 0 Å². The van der Waals surface area contributed by atoms with E-state index in [4.69, 9.17) is 4.42 Å². The molecule has 0 spiro atoms. The van der Waals surface area contributed by atoms with Crippen LogP contribution >= 0.6 is 0 Å². The molecule has 0 unspecified atom stereocenters. The van der Waals surface area contributed by atoms with E-state index in [9.17, 15) is 14.7 Å². The van der Waals surface area contributed by atoms with Gasteiger partial charge in [0.05, 0.1) is 0 Å². The maximum absolute atomic E-state index is 11.9. The highest BCUT2D eigenvalue weighted by Gasteiger charge is 2.15. The molecule has 0 radical (unpaired) electrons. The number of ketones is 1. The lowest BCUT2D eigenvalue weighted by molar-refractivity contribution is 0.104. The number of benzene rings is 1. The molecule has 1 N–H and O–H groups in total. The molecule has 2 aromatic rings. The Morgan fingerprint density at radius 2 is 1.90 bits per heavy atom. The largest absolute Gasteiger partial charge is 0.507 e. The van der Waals surface area contributed by atoms with Crippen LogP contribution in [0.3, 0.4) is 0 Å². The summed E-state index contributed by atoms with van der Waals surface area (Å²) >= 11 is 0. The average Bonchev–Trinajstić information content (AvgIpc) is 2.43. The van der Waals surface area contributed by atoms with Crippen LogP contribution < -0.4 is 5.63 Å². The number of hydrogen-bond acceptors (Lipinski definition) is 4. The van der Waals surface area contributed by atoms with Crippen molar-refractivity contribution in [3.8, 4) is 5.75 Å². The second-order valence-corrected chi connectivity index (χ2v) is 4.40. The van der Waals surface area contributed by atoms with Crippen LogP contribution in [0.5, 0.6) is 5.75 Å². The number of hydrogen-bond donors (Lipinski definition) is 1. The van der Waals surface area contributed by atoms with Gasteiger partial charge in [-0.1, -0.05) is 48.6 Å². The van der Waals surface area contributed by atoms with Gasteiger partial charge in [0.1, 0.15) is 17.1 Å². The molecule has 21 heavy (non-hydrogen) atoms. The zero-order chi connectivity index (χ0) is 15.2. The summed E-state index contributed by atoms with van der Waals surface area (Å²) in [5.41, 5.74) is -0.202. The maximum atomic E-state index is 11.9. The van der Waals surface area contributed by atoms with Gasteiger partial charge in [0.2, 0.25) is 0 Å². The molecule has 1 aromatic carbocycles. The van der Waals surface area contributed by atoms with Crippen molar-refractivity contribution in [3.05, 3.63) is 81.9 Å². The highest BCUT2D eigenvalue weighted by Crippen LogP contribution is 2.15. The van der Waals surface area contributed by atoms with Crippen molar-refractivity contribution in [2.24, 2.45) is 0 Å². The van der Waals surface area contributed by atoms with Crippen molar-refractivity contribution in [3.63, 3.8) is 0 Å².